The Labute approximate surface area is 122 Å². The molecular formula is C14H17ClN2OS. The first-order chi connectivity index (χ1) is 9.19. The summed E-state index contributed by atoms with van der Waals surface area (Å²) in [6.45, 7) is 4.00. The van der Waals surface area contributed by atoms with E-state index in [0.29, 0.717) is 11.4 Å². The normalized spacial score (nSPS) is 9.47. The van der Waals surface area contributed by atoms with Crippen molar-refractivity contribution >= 4 is 28.8 Å². The number of halogens is 1. The number of rotatable bonds is 3. The third-order valence-electron chi connectivity index (χ3n) is 2.26. The van der Waals surface area contributed by atoms with Crippen molar-refractivity contribution in [2.24, 2.45) is 0 Å². The fraction of sp³-hybridized carbons (Fsp3) is 0.286. The molecule has 3 nitrogen and oxygen atoms in total. The van der Waals surface area contributed by atoms with Crippen LogP contribution in [-0.2, 0) is 11.2 Å². The van der Waals surface area contributed by atoms with Crippen molar-refractivity contribution in [2.45, 2.75) is 20.3 Å². The van der Waals surface area contributed by atoms with Crippen molar-refractivity contribution < 1.29 is 4.79 Å². The smallest absolute Gasteiger partial charge is 0.225 e. The number of carbonyl (C=O) groups excluding carboxylic acids is 1. The number of likely N-dealkylation sites (N-methyl/N-ethyl adjacent to an activating group) is 1. The van der Waals surface area contributed by atoms with Crippen LogP contribution in [0.3, 0.4) is 0 Å². The summed E-state index contributed by atoms with van der Waals surface area (Å²) < 4.78 is 0. The first-order valence-corrected chi connectivity index (χ1v) is 7.35. The maximum absolute atomic E-state index is 11.2. The van der Waals surface area contributed by atoms with Gasteiger partial charge in [-0.3, -0.25) is 4.79 Å². The van der Waals surface area contributed by atoms with E-state index in [-0.39, 0.29) is 5.91 Å². The first kappa shape index (κ1) is 15.7. The molecule has 102 valence electrons. The Hall–Kier alpha value is -1.39. The zero-order chi connectivity index (χ0) is 14.3. The fourth-order valence-electron chi connectivity index (χ4n) is 1.37. The predicted octanol–water partition coefficient (Wildman–Crippen LogP) is 3.78. The number of hydrogen-bond donors (Lipinski definition) is 1. The lowest BCUT2D eigenvalue weighted by Gasteiger charge is -1.96. The van der Waals surface area contributed by atoms with Crippen molar-refractivity contribution in [3.63, 3.8) is 0 Å². The quantitative estimate of drug-likeness (QED) is 0.936. The molecule has 0 fully saturated rings. The third kappa shape index (κ3) is 4.65. The van der Waals surface area contributed by atoms with E-state index in [1.807, 2.05) is 43.5 Å². The molecule has 1 amide bonds. The second-order valence-electron chi connectivity index (χ2n) is 3.50. The van der Waals surface area contributed by atoms with Crippen LogP contribution in [0, 0.1) is 0 Å². The highest BCUT2D eigenvalue weighted by atomic mass is 35.5. The summed E-state index contributed by atoms with van der Waals surface area (Å²) in [4.78, 5) is 15.6. The minimum atomic E-state index is -0.0297. The van der Waals surface area contributed by atoms with Gasteiger partial charge in [-0.05, 0) is 12.1 Å². The molecule has 19 heavy (non-hydrogen) atoms. The first-order valence-electron chi connectivity index (χ1n) is 6.10. The Balaban J connectivity index is 0.000000861. The summed E-state index contributed by atoms with van der Waals surface area (Å²) >= 11 is 7.35. The molecule has 0 bridgehead atoms. The lowest BCUT2D eigenvalue weighted by Crippen LogP contribution is -2.19. The molecule has 1 N–H and O–H groups in total. The van der Waals surface area contributed by atoms with Crippen LogP contribution in [0.25, 0.3) is 10.6 Å². The van der Waals surface area contributed by atoms with Gasteiger partial charge in [0.2, 0.25) is 5.91 Å². The number of thiazole rings is 1. The standard InChI is InChI=1S/C12H11ClN2OS.C2H6/c1-14-11(16)6-10-7-17-12(15-10)8-2-4-9(13)5-3-8;1-2/h2-5,7H,6H2,1H3,(H,14,16);1-2H3. The number of aromatic nitrogens is 1. The lowest BCUT2D eigenvalue weighted by atomic mass is 10.2. The molecule has 0 spiro atoms. The molecule has 0 aliphatic carbocycles. The number of carbonyl (C=O) groups is 1. The maximum atomic E-state index is 11.2. The van der Waals surface area contributed by atoms with E-state index in [1.54, 1.807) is 7.05 Å². The number of amides is 1. The highest BCUT2D eigenvalue weighted by molar-refractivity contribution is 7.13. The zero-order valence-corrected chi connectivity index (χ0v) is 12.8. The predicted molar refractivity (Wildman–Crippen MR) is 81.7 cm³/mol. The van der Waals surface area contributed by atoms with Gasteiger partial charge in [0.1, 0.15) is 5.01 Å². The van der Waals surface area contributed by atoms with Crippen LogP contribution < -0.4 is 5.32 Å². The van der Waals surface area contributed by atoms with Crippen LogP contribution in [0.1, 0.15) is 19.5 Å². The van der Waals surface area contributed by atoms with Crippen molar-refractivity contribution in [1.82, 2.24) is 10.3 Å². The van der Waals surface area contributed by atoms with Crippen LogP contribution in [-0.4, -0.2) is 17.9 Å². The Morgan fingerprint density at radius 1 is 1.32 bits per heavy atom. The van der Waals surface area contributed by atoms with Crippen LogP contribution in [0.5, 0.6) is 0 Å². The molecule has 0 unspecified atom stereocenters. The maximum Gasteiger partial charge on any atom is 0.225 e. The van der Waals surface area contributed by atoms with Gasteiger partial charge in [0.15, 0.2) is 0 Å². The molecule has 0 atom stereocenters. The molecule has 1 aromatic carbocycles. The number of nitrogens with zero attached hydrogens (tertiary/aromatic N) is 1. The Bertz CT molecular complexity index is 522. The average Bonchev–Trinajstić information content (AvgIpc) is 2.90. The van der Waals surface area contributed by atoms with E-state index in [0.717, 1.165) is 16.3 Å². The van der Waals surface area contributed by atoms with Gasteiger partial charge >= 0.3 is 0 Å². The molecule has 0 aliphatic rings. The number of nitrogens with one attached hydrogen (secondary N) is 1. The topological polar surface area (TPSA) is 42.0 Å². The summed E-state index contributed by atoms with van der Waals surface area (Å²) in [6.07, 6.45) is 0.320. The van der Waals surface area contributed by atoms with Gasteiger partial charge in [-0.1, -0.05) is 37.6 Å². The molecule has 5 heteroatoms. The molecule has 1 heterocycles. The summed E-state index contributed by atoms with van der Waals surface area (Å²) in [6, 6.07) is 7.50. The Kier molecular flexibility index (Phi) is 6.53. The number of benzene rings is 1. The van der Waals surface area contributed by atoms with Gasteiger partial charge < -0.3 is 5.32 Å². The van der Waals surface area contributed by atoms with Crippen LogP contribution >= 0.6 is 22.9 Å². The van der Waals surface area contributed by atoms with E-state index < -0.39 is 0 Å². The largest absolute Gasteiger partial charge is 0.359 e. The van der Waals surface area contributed by atoms with E-state index in [9.17, 15) is 4.79 Å². The molecule has 2 rings (SSSR count). The lowest BCUT2D eigenvalue weighted by molar-refractivity contribution is -0.120. The molecule has 0 saturated heterocycles. The summed E-state index contributed by atoms with van der Waals surface area (Å²) in [5.74, 6) is -0.0297. The van der Waals surface area contributed by atoms with Gasteiger partial charge in [-0.15, -0.1) is 11.3 Å². The highest BCUT2D eigenvalue weighted by Crippen LogP contribution is 2.25. The third-order valence-corrected chi connectivity index (χ3v) is 3.46. The SMILES string of the molecule is CC.CNC(=O)Cc1csc(-c2ccc(Cl)cc2)n1. The van der Waals surface area contributed by atoms with E-state index in [1.165, 1.54) is 11.3 Å². The van der Waals surface area contributed by atoms with Crippen molar-refractivity contribution in [3.05, 3.63) is 40.4 Å². The Morgan fingerprint density at radius 2 is 1.95 bits per heavy atom. The zero-order valence-electron chi connectivity index (χ0n) is 11.2. The van der Waals surface area contributed by atoms with E-state index in [2.05, 4.69) is 10.3 Å². The summed E-state index contributed by atoms with van der Waals surface area (Å²) in [7, 11) is 1.62. The average molecular weight is 297 g/mol. The fourth-order valence-corrected chi connectivity index (χ4v) is 2.32. The second kappa shape index (κ2) is 7.92. The second-order valence-corrected chi connectivity index (χ2v) is 4.80. The van der Waals surface area contributed by atoms with Gasteiger partial charge in [0.05, 0.1) is 12.1 Å². The van der Waals surface area contributed by atoms with Crippen molar-refractivity contribution in [1.29, 1.82) is 0 Å². The molecule has 0 aliphatic heterocycles. The summed E-state index contributed by atoms with van der Waals surface area (Å²) in [5, 5.41) is 6.09. The molecule has 0 saturated carbocycles. The van der Waals surface area contributed by atoms with E-state index >= 15 is 0 Å². The van der Waals surface area contributed by atoms with Gasteiger partial charge in [0.25, 0.3) is 0 Å². The van der Waals surface area contributed by atoms with Crippen LogP contribution in [0.4, 0.5) is 0 Å². The highest BCUT2D eigenvalue weighted by Gasteiger charge is 2.07. The van der Waals surface area contributed by atoms with E-state index in [4.69, 9.17) is 11.6 Å². The van der Waals surface area contributed by atoms with Crippen molar-refractivity contribution in [2.75, 3.05) is 7.05 Å². The molecular weight excluding hydrogens is 280 g/mol. The monoisotopic (exact) mass is 296 g/mol. The van der Waals surface area contributed by atoms with Gasteiger partial charge in [0, 0.05) is 23.0 Å². The molecule has 0 radical (unpaired) electrons. The molecule has 2 aromatic rings. The van der Waals surface area contributed by atoms with Crippen molar-refractivity contribution in [3.8, 4) is 10.6 Å². The minimum Gasteiger partial charge on any atom is -0.359 e. The number of hydrogen-bond acceptors (Lipinski definition) is 3. The van der Waals surface area contributed by atoms with Gasteiger partial charge in [-0.25, -0.2) is 4.98 Å². The Morgan fingerprint density at radius 3 is 2.53 bits per heavy atom. The summed E-state index contributed by atoms with van der Waals surface area (Å²) in [5.41, 5.74) is 1.81. The molecule has 1 aromatic heterocycles. The van der Waals surface area contributed by atoms with Gasteiger partial charge in [-0.2, -0.15) is 0 Å². The minimum absolute atomic E-state index is 0.0297. The van der Waals surface area contributed by atoms with Crippen LogP contribution in [0.2, 0.25) is 5.02 Å². The van der Waals surface area contributed by atoms with Crippen LogP contribution in [0.15, 0.2) is 29.6 Å².